The van der Waals surface area contributed by atoms with Crippen molar-refractivity contribution in [3.63, 3.8) is 0 Å². The van der Waals surface area contributed by atoms with Crippen LogP contribution in [0, 0.1) is 6.92 Å². The summed E-state index contributed by atoms with van der Waals surface area (Å²) >= 11 is 0. The Balaban J connectivity index is 2.23. The molecule has 1 aliphatic carbocycles. The monoisotopic (exact) mass is 219 g/mol. The largest absolute Gasteiger partial charge is 0.484 e. The van der Waals surface area contributed by atoms with E-state index in [1.54, 1.807) is 0 Å². The predicted octanol–water partition coefficient (Wildman–Crippen LogP) is 1.74. The van der Waals surface area contributed by atoms with Crippen LogP contribution in [0.15, 0.2) is 12.1 Å². The molecule has 0 saturated carbocycles. The molecule has 3 heteroatoms. The number of amides is 1. The summed E-state index contributed by atoms with van der Waals surface area (Å²) in [6.45, 7) is 2.01. The van der Waals surface area contributed by atoms with Crippen molar-refractivity contribution in [1.29, 1.82) is 0 Å². The maximum atomic E-state index is 10.7. The zero-order chi connectivity index (χ0) is 11.5. The SMILES string of the molecule is Cc1c(OCC(N)=O)ccc2c1CCCC2. The minimum atomic E-state index is -0.433. The Morgan fingerprint density at radius 1 is 1.38 bits per heavy atom. The molecule has 0 fully saturated rings. The van der Waals surface area contributed by atoms with Crippen molar-refractivity contribution in [3.8, 4) is 5.75 Å². The molecule has 0 bridgehead atoms. The van der Waals surface area contributed by atoms with Crippen molar-refractivity contribution in [1.82, 2.24) is 0 Å². The molecule has 1 amide bonds. The topological polar surface area (TPSA) is 52.3 Å². The molecule has 2 N–H and O–H groups in total. The van der Waals surface area contributed by atoms with Crippen molar-refractivity contribution in [2.24, 2.45) is 5.73 Å². The van der Waals surface area contributed by atoms with Gasteiger partial charge in [0, 0.05) is 0 Å². The number of carbonyl (C=O) groups is 1. The number of carbonyl (C=O) groups excluding carboxylic acids is 1. The highest BCUT2D eigenvalue weighted by Gasteiger charge is 2.14. The third-order valence-electron chi connectivity index (χ3n) is 3.14. The molecule has 3 nitrogen and oxygen atoms in total. The van der Waals surface area contributed by atoms with Crippen LogP contribution in [0.5, 0.6) is 5.75 Å². The van der Waals surface area contributed by atoms with E-state index in [-0.39, 0.29) is 6.61 Å². The van der Waals surface area contributed by atoms with E-state index >= 15 is 0 Å². The fraction of sp³-hybridized carbons (Fsp3) is 0.462. The van der Waals surface area contributed by atoms with Gasteiger partial charge in [0.2, 0.25) is 0 Å². The van der Waals surface area contributed by atoms with Crippen molar-refractivity contribution in [2.75, 3.05) is 6.61 Å². The lowest BCUT2D eigenvalue weighted by Gasteiger charge is -2.20. The first-order valence-electron chi connectivity index (χ1n) is 5.71. The summed E-state index contributed by atoms with van der Waals surface area (Å²) < 4.78 is 5.39. The number of ether oxygens (including phenoxy) is 1. The molecule has 0 radical (unpaired) electrons. The van der Waals surface area contributed by atoms with Crippen LogP contribution in [0.3, 0.4) is 0 Å². The first kappa shape index (κ1) is 11.0. The number of hydrogen-bond donors (Lipinski definition) is 1. The van der Waals surface area contributed by atoms with E-state index in [1.165, 1.54) is 29.5 Å². The Bertz CT molecular complexity index is 413. The molecule has 86 valence electrons. The molecule has 2 rings (SSSR count). The van der Waals surface area contributed by atoms with Gasteiger partial charge in [-0.25, -0.2) is 0 Å². The van der Waals surface area contributed by atoms with Gasteiger partial charge in [0.1, 0.15) is 5.75 Å². The zero-order valence-electron chi connectivity index (χ0n) is 9.58. The van der Waals surface area contributed by atoms with Crippen LogP contribution in [-0.4, -0.2) is 12.5 Å². The van der Waals surface area contributed by atoms with Gasteiger partial charge in [-0.05, 0) is 55.4 Å². The van der Waals surface area contributed by atoms with E-state index in [1.807, 2.05) is 6.07 Å². The van der Waals surface area contributed by atoms with E-state index in [0.717, 1.165) is 18.6 Å². The van der Waals surface area contributed by atoms with Gasteiger partial charge < -0.3 is 10.5 Å². The second-order valence-electron chi connectivity index (χ2n) is 4.29. The molecular weight excluding hydrogens is 202 g/mol. The fourth-order valence-corrected chi connectivity index (χ4v) is 2.30. The smallest absolute Gasteiger partial charge is 0.255 e. The van der Waals surface area contributed by atoms with Gasteiger partial charge in [0.05, 0.1) is 0 Å². The lowest BCUT2D eigenvalue weighted by molar-refractivity contribution is -0.119. The second kappa shape index (κ2) is 4.56. The van der Waals surface area contributed by atoms with E-state index < -0.39 is 5.91 Å². The standard InChI is InChI=1S/C13H17NO2/c1-9-11-5-3-2-4-10(11)6-7-12(9)16-8-13(14)15/h6-7H,2-5,8H2,1H3,(H2,14,15). The number of aryl methyl sites for hydroxylation is 1. The third-order valence-corrected chi connectivity index (χ3v) is 3.14. The number of primary amides is 1. The molecule has 1 aromatic carbocycles. The van der Waals surface area contributed by atoms with Crippen LogP contribution in [0.4, 0.5) is 0 Å². The first-order valence-corrected chi connectivity index (χ1v) is 5.71. The van der Waals surface area contributed by atoms with Crippen LogP contribution in [0.1, 0.15) is 29.5 Å². The van der Waals surface area contributed by atoms with E-state index in [9.17, 15) is 4.79 Å². The minimum Gasteiger partial charge on any atom is -0.484 e. The van der Waals surface area contributed by atoms with Gasteiger partial charge in [-0.15, -0.1) is 0 Å². The molecule has 0 heterocycles. The van der Waals surface area contributed by atoms with Crippen molar-refractivity contribution in [3.05, 3.63) is 28.8 Å². The van der Waals surface area contributed by atoms with Gasteiger partial charge in [-0.3, -0.25) is 4.79 Å². The lowest BCUT2D eigenvalue weighted by atomic mass is 9.88. The molecule has 0 aliphatic heterocycles. The first-order chi connectivity index (χ1) is 7.68. The van der Waals surface area contributed by atoms with Gasteiger partial charge in [0.25, 0.3) is 5.91 Å². The second-order valence-corrected chi connectivity index (χ2v) is 4.29. The summed E-state index contributed by atoms with van der Waals surface area (Å²) in [6, 6.07) is 4.06. The van der Waals surface area contributed by atoms with Crippen LogP contribution >= 0.6 is 0 Å². The maximum absolute atomic E-state index is 10.7. The summed E-state index contributed by atoms with van der Waals surface area (Å²) in [5.74, 6) is 0.358. The van der Waals surface area contributed by atoms with Gasteiger partial charge >= 0.3 is 0 Å². The Morgan fingerprint density at radius 2 is 2.12 bits per heavy atom. The normalized spacial score (nSPS) is 14.3. The Hall–Kier alpha value is -1.51. The lowest BCUT2D eigenvalue weighted by Crippen LogP contribution is -2.20. The molecule has 1 aromatic rings. The maximum Gasteiger partial charge on any atom is 0.255 e. The average molecular weight is 219 g/mol. The molecule has 0 atom stereocenters. The van der Waals surface area contributed by atoms with Gasteiger partial charge in [-0.2, -0.15) is 0 Å². The fourth-order valence-electron chi connectivity index (χ4n) is 2.30. The van der Waals surface area contributed by atoms with Crippen LogP contribution in [0.25, 0.3) is 0 Å². The van der Waals surface area contributed by atoms with Crippen molar-refractivity contribution < 1.29 is 9.53 Å². The molecule has 0 spiro atoms. The van der Waals surface area contributed by atoms with E-state index in [0.29, 0.717) is 0 Å². The van der Waals surface area contributed by atoms with Crippen molar-refractivity contribution >= 4 is 5.91 Å². The summed E-state index contributed by atoms with van der Waals surface area (Å²) in [7, 11) is 0. The molecule has 16 heavy (non-hydrogen) atoms. The van der Waals surface area contributed by atoms with E-state index in [2.05, 4.69) is 13.0 Å². The summed E-state index contributed by atoms with van der Waals surface area (Å²) in [5.41, 5.74) is 9.05. The summed E-state index contributed by atoms with van der Waals surface area (Å²) in [5, 5.41) is 0. The Kier molecular flexibility index (Phi) is 3.13. The Labute approximate surface area is 95.6 Å². The Morgan fingerprint density at radius 3 is 2.88 bits per heavy atom. The highest BCUT2D eigenvalue weighted by Crippen LogP contribution is 2.30. The third kappa shape index (κ3) is 2.18. The molecule has 0 aromatic heterocycles. The predicted molar refractivity (Wildman–Crippen MR) is 62.5 cm³/mol. The summed E-state index contributed by atoms with van der Waals surface area (Å²) in [4.78, 5) is 10.7. The quantitative estimate of drug-likeness (QED) is 0.841. The highest BCUT2D eigenvalue weighted by molar-refractivity contribution is 5.75. The van der Waals surface area contributed by atoms with Gasteiger partial charge in [-0.1, -0.05) is 6.07 Å². The number of benzene rings is 1. The molecule has 0 unspecified atom stereocenters. The van der Waals surface area contributed by atoms with Crippen LogP contribution in [0.2, 0.25) is 0 Å². The highest BCUT2D eigenvalue weighted by atomic mass is 16.5. The van der Waals surface area contributed by atoms with Crippen LogP contribution in [-0.2, 0) is 17.6 Å². The number of nitrogens with two attached hydrogens (primary N) is 1. The van der Waals surface area contributed by atoms with Gasteiger partial charge in [0.15, 0.2) is 6.61 Å². The van der Waals surface area contributed by atoms with Crippen molar-refractivity contribution in [2.45, 2.75) is 32.6 Å². The number of fused-ring (bicyclic) bond motifs is 1. The molecule has 1 aliphatic rings. The average Bonchev–Trinajstić information content (AvgIpc) is 2.28. The zero-order valence-corrected chi connectivity index (χ0v) is 9.58. The molecule has 0 saturated heterocycles. The molecular formula is C13H17NO2. The van der Waals surface area contributed by atoms with Crippen LogP contribution < -0.4 is 10.5 Å². The minimum absolute atomic E-state index is 0.0420. The number of rotatable bonds is 3. The van der Waals surface area contributed by atoms with E-state index in [4.69, 9.17) is 10.5 Å². The summed E-state index contributed by atoms with van der Waals surface area (Å²) in [6.07, 6.45) is 4.79. The number of hydrogen-bond acceptors (Lipinski definition) is 2.